The summed E-state index contributed by atoms with van der Waals surface area (Å²) in [6.45, 7) is 1.95. The van der Waals surface area contributed by atoms with Gasteiger partial charge in [-0.3, -0.25) is 4.79 Å². The van der Waals surface area contributed by atoms with Crippen LogP contribution in [0.4, 0.5) is 5.69 Å². The van der Waals surface area contributed by atoms with E-state index in [-0.39, 0.29) is 11.7 Å². The molecule has 2 aromatic carbocycles. The lowest BCUT2D eigenvalue weighted by atomic mass is 10.1. The molecule has 0 radical (unpaired) electrons. The fraction of sp³-hybridized carbons (Fsp3) is 0.188. The highest BCUT2D eigenvalue weighted by Gasteiger charge is 2.15. The number of rotatable bonds is 4. The van der Waals surface area contributed by atoms with Crippen molar-refractivity contribution in [3.05, 3.63) is 59.1 Å². The number of amides is 1. The van der Waals surface area contributed by atoms with E-state index < -0.39 is 0 Å². The van der Waals surface area contributed by atoms with Crippen molar-refractivity contribution in [2.24, 2.45) is 0 Å². The lowest BCUT2D eigenvalue weighted by molar-refractivity contribution is -0.116. The Morgan fingerprint density at radius 1 is 1.15 bits per heavy atom. The molecule has 3 nitrogen and oxygen atoms in total. The normalized spacial score (nSPS) is 10.3. The van der Waals surface area contributed by atoms with Gasteiger partial charge in [-0.05, 0) is 30.2 Å². The summed E-state index contributed by atoms with van der Waals surface area (Å²) in [7, 11) is 0. The molecule has 20 heavy (non-hydrogen) atoms. The Labute approximate surface area is 123 Å². The number of carbonyl (C=O) groups excluding carboxylic acids is 1. The van der Waals surface area contributed by atoms with Crippen LogP contribution in [0.5, 0.6) is 5.75 Å². The van der Waals surface area contributed by atoms with E-state index in [9.17, 15) is 9.90 Å². The minimum absolute atomic E-state index is 0.0989. The summed E-state index contributed by atoms with van der Waals surface area (Å²) in [4.78, 5) is 13.3. The van der Waals surface area contributed by atoms with Crippen molar-refractivity contribution in [2.75, 3.05) is 11.4 Å². The fourth-order valence-electron chi connectivity index (χ4n) is 2.07. The number of halogens is 1. The summed E-state index contributed by atoms with van der Waals surface area (Å²) in [5, 5.41) is 10.5. The lowest BCUT2D eigenvalue weighted by Crippen LogP contribution is -2.30. The third kappa shape index (κ3) is 3.31. The first-order chi connectivity index (χ1) is 9.59. The van der Waals surface area contributed by atoms with Gasteiger partial charge >= 0.3 is 0 Å². The SMILES string of the molecule is CC(=O)N(CCc1ccccc1Cl)c1ccccc1O. The zero-order valence-corrected chi connectivity index (χ0v) is 12.0. The van der Waals surface area contributed by atoms with Crippen LogP contribution in [0.3, 0.4) is 0 Å². The van der Waals surface area contributed by atoms with Crippen LogP contribution in [0.15, 0.2) is 48.5 Å². The molecule has 0 bridgehead atoms. The topological polar surface area (TPSA) is 40.5 Å². The van der Waals surface area contributed by atoms with Crippen LogP contribution in [-0.2, 0) is 11.2 Å². The van der Waals surface area contributed by atoms with E-state index in [0.29, 0.717) is 23.7 Å². The highest BCUT2D eigenvalue weighted by atomic mass is 35.5. The first-order valence-electron chi connectivity index (χ1n) is 6.39. The van der Waals surface area contributed by atoms with Crippen molar-refractivity contribution < 1.29 is 9.90 Å². The molecule has 0 aliphatic carbocycles. The maximum Gasteiger partial charge on any atom is 0.223 e. The third-order valence-corrected chi connectivity index (χ3v) is 3.48. The molecule has 0 unspecified atom stereocenters. The fourth-order valence-corrected chi connectivity index (χ4v) is 2.30. The second-order valence-corrected chi connectivity index (χ2v) is 4.91. The molecular weight excluding hydrogens is 274 g/mol. The largest absolute Gasteiger partial charge is 0.506 e. The first-order valence-corrected chi connectivity index (χ1v) is 6.77. The number of aromatic hydroxyl groups is 1. The summed E-state index contributed by atoms with van der Waals surface area (Å²) >= 11 is 6.11. The van der Waals surface area contributed by atoms with Crippen molar-refractivity contribution in [3.63, 3.8) is 0 Å². The standard InChI is InChI=1S/C16H16ClNO2/c1-12(19)18(15-8-4-5-9-16(15)20)11-10-13-6-2-3-7-14(13)17/h2-9,20H,10-11H2,1H3. The average molecular weight is 290 g/mol. The van der Waals surface area contributed by atoms with Gasteiger partial charge in [-0.1, -0.05) is 41.9 Å². The van der Waals surface area contributed by atoms with Crippen molar-refractivity contribution in [3.8, 4) is 5.75 Å². The first kappa shape index (κ1) is 14.4. The smallest absolute Gasteiger partial charge is 0.223 e. The lowest BCUT2D eigenvalue weighted by Gasteiger charge is -2.22. The van der Waals surface area contributed by atoms with Gasteiger partial charge in [0, 0.05) is 18.5 Å². The van der Waals surface area contributed by atoms with E-state index in [1.54, 1.807) is 29.2 Å². The zero-order chi connectivity index (χ0) is 14.5. The van der Waals surface area contributed by atoms with Gasteiger partial charge in [-0.15, -0.1) is 0 Å². The predicted octanol–water partition coefficient (Wildman–Crippen LogP) is 3.64. The minimum Gasteiger partial charge on any atom is -0.506 e. The van der Waals surface area contributed by atoms with Gasteiger partial charge in [-0.2, -0.15) is 0 Å². The number of hydrogen-bond donors (Lipinski definition) is 1. The summed E-state index contributed by atoms with van der Waals surface area (Å²) in [6, 6.07) is 14.4. The van der Waals surface area contributed by atoms with Gasteiger partial charge in [0.05, 0.1) is 5.69 Å². The van der Waals surface area contributed by atoms with Crippen molar-refractivity contribution in [2.45, 2.75) is 13.3 Å². The van der Waals surface area contributed by atoms with E-state index in [1.807, 2.05) is 24.3 Å². The number of para-hydroxylation sites is 2. The third-order valence-electron chi connectivity index (χ3n) is 3.12. The molecule has 0 aliphatic heterocycles. The van der Waals surface area contributed by atoms with Gasteiger partial charge in [-0.25, -0.2) is 0 Å². The Morgan fingerprint density at radius 2 is 1.80 bits per heavy atom. The van der Waals surface area contributed by atoms with Gasteiger partial charge in [0.25, 0.3) is 0 Å². The molecule has 0 fully saturated rings. The monoisotopic (exact) mass is 289 g/mol. The van der Waals surface area contributed by atoms with E-state index in [1.165, 1.54) is 6.92 Å². The Morgan fingerprint density at radius 3 is 2.45 bits per heavy atom. The maximum absolute atomic E-state index is 11.8. The average Bonchev–Trinajstić information content (AvgIpc) is 2.42. The summed E-state index contributed by atoms with van der Waals surface area (Å²) in [6.07, 6.45) is 0.633. The Balaban J connectivity index is 2.18. The van der Waals surface area contributed by atoms with Crippen molar-refractivity contribution in [1.82, 2.24) is 0 Å². The van der Waals surface area contributed by atoms with Crippen molar-refractivity contribution in [1.29, 1.82) is 0 Å². The molecule has 1 amide bonds. The highest BCUT2D eigenvalue weighted by molar-refractivity contribution is 6.31. The van der Waals surface area contributed by atoms with Gasteiger partial charge in [0.1, 0.15) is 5.75 Å². The van der Waals surface area contributed by atoms with Gasteiger partial charge < -0.3 is 10.0 Å². The summed E-state index contributed by atoms with van der Waals surface area (Å²) in [5.74, 6) is -0.0135. The molecule has 0 saturated heterocycles. The number of phenols is 1. The van der Waals surface area contributed by atoms with Crippen LogP contribution >= 0.6 is 11.6 Å². The van der Waals surface area contributed by atoms with Crippen LogP contribution in [0.2, 0.25) is 5.02 Å². The van der Waals surface area contributed by atoms with Crippen LogP contribution < -0.4 is 4.90 Å². The van der Waals surface area contributed by atoms with E-state index >= 15 is 0 Å². The van der Waals surface area contributed by atoms with E-state index in [2.05, 4.69) is 0 Å². The number of phenolic OH excluding ortho intramolecular Hbond substituents is 1. The number of anilines is 1. The second kappa shape index (κ2) is 6.44. The molecule has 2 rings (SSSR count). The molecule has 4 heteroatoms. The Hall–Kier alpha value is -2.00. The number of hydrogen-bond acceptors (Lipinski definition) is 2. The molecule has 0 aliphatic rings. The van der Waals surface area contributed by atoms with Crippen LogP contribution in [0.25, 0.3) is 0 Å². The molecule has 104 valence electrons. The number of carbonyl (C=O) groups is 1. The molecule has 0 spiro atoms. The second-order valence-electron chi connectivity index (χ2n) is 4.50. The summed E-state index contributed by atoms with van der Waals surface area (Å²) < 4.78 is 0. The molecule has 0 atom stereocenters. The van der Waals surface area contributed by atoms with Gasteiger partial charge in [0.2, 0.25) is 5.91 Å². The Kier molecular flexibility index (Phi) is 4.64. The maximum atomic E-state index is 11.8. The van der Waals surface area contributed by atoms with Crippen LogP contribution in [0, 0.1) is 0 Å². The van der Waals surface area contributed by atoms with Crippen LogP contribution in [0.1, 0.15) is 12.5 Å². The number of nitrogens with zero attached hydrogens (tertiary/aromatic N) is 1. The minimum atomic E-state index is -0.112. The van der Waals surface area contributed by atoms with E-state index in [4.69, 9.17) is 11.6 Å². The highest BCUT2D eigenvalue weighted by Crippen LogP contribution is 2.27. The van der Waals surface area contributed by atoms with Crippen LogP contribution in [-0.4, -0.2) is 17.6 Å². The number of benzene rings is 2. The quantitative estimate of drug-likeness (QED) is 0.933. The molecule has 1 N–H and O–H groups in total. The molecule has 0 saturated carbocycles. The zero-order valence-electron chi connectivity index (χ0n) is 11.2. The molecule has 0 heterocycles. The van der Waals surface area contributed by atoms with Crippen molar-refractivity contribution >= 4 is 23.2 Å². The molecule has 0 aromatic heterocycles. The Bertz CT molecular complexity index is 613. The van der Waals surface area contributed by atoms with E-state index in [0.717, 1.165) is 5.56 Å². The van der Waals surface area contributed by atoms with Gasteiger partial charge in [0.15, 0.2) is 0 Å². The predicted molar refractivity (Wildman–Crippen MR) is 81.3 cm³/mol. The molecule has 2 aromatic rings. The molecular formula is C16H16ClNO2. The summed E-state index contributed by atoms with van der Waals surface area (Å²) in [5.41, 5.74) is 1.50.